The van der Waals surface area contributed by atoms with E-state index in [0.717, 1.165) is 23.8 Å². The van der Waals surface area contributed by atoms with Crippen LogP contribution in [0.2, 0.25) is 5.02 Å². The Kier molecular flexibility index (Phi) is 5.79. The number of aromatic amines is 1. The molecule has 7 nitrogen and oxygen atoms in total. The van der Waals surface area contributed by atoms with Crippen molar-refractivity contribution >= 4 is 34.2 Å². The number of carbonyl (C=O) groups is 1. The van der Waals surface area contributed by atoms with Crippen LogP contribution in [0, 0.1) is 17.5 Å². The van der Waals surface area contributed by atoms with Gasteiger partial charge in [-0.2, -0.15) is 9.49 Å². The van der Waals surface area contributed by atoms with Crippen LogP contribution < -0.4 is 10.1 Å². The van der Waals surface area contributed by atoms with Crippen LogP contribution in [0.4, 0.5) is 18.9 Å². The van der Waals surface area contributed by atoms with E-state index in [9.17, 15) is 18.0 Å². The van der Waals surface area contributed by atoms with Gasteiger partial charge in [0.05, 0.1) is 34.1 Å². The maximum Gasteiger partial charge on any atom is 0.255 e. The van der Waals surface area contributed by atoms with Crippen LogP contribution in [-0.4, -0.2) is 26.1 Å². The zero-order valence-corrected chi connectivity index (χ0v) is 18.3. The molecule has 5 aromatic rings. The molecular weight excluding hydrogens is 483 g/mol. The van der Waals surface area contributed by atoms with E-state index in [1.54, 1.807) is 24.7 Å². The summed E-state index contributed by atoms with van der Waals surface area (Å²) >= 11 is 5.63. The maximum atomic E-state index is 14.5. The Morgan fingerprint density at radius 3 is 2.60 bits per heavy atom. The third-order valence-corrected chi connectivity index (χ3v) is 5.28. The number of anilines is 1. The van der Waals surface area contributed by atoms with Gasteiger partial charge in [-0.25, -0.2) is 13.8 Å². The van der Waals surface area contributed by atoms with Crippen molar-refractivity contribution < 1.29 is 22.7 Å². The van der Waals surface area contributed by atoms with Gasteiger partial charge in [0.25, 0.3) is 5.91 Å². The molecule has 35 heavy (non-hydrogen) atoms. The number of benzene rings is 3. The molecular formula is C24H13ClF3N5O2. The van der Waals surface area contributed by atoms with Gasteiger partial charge in [-0.3, -0.25) is 14.9 Å². The number of rotatable bonds is 5. The molecule has 3 aromatic carbocycles. The Morgan fingerprint density at radius 1 is 0.971 bits per heavy atom. The van der Waals surface area contributed by atoms with Crippen molar-refractivity contribution in [2.75, 3.05) is 5.32 Å². The summed E-state index contributed by atoms with van der Waals surface area (Å²) in [6.45, 7) is 0. The van der Waals surface area contributed by atoms with Gasteiger partial charge in [0.2, 0.25) is 5.82 Å². The van der Waals surface area contributed by atoms with Crippen LogP contribution in [0.5, 0.6) is 11.5 Å². The van der Waals surface area contributed by atoms with Crippen molar-refractivity contribution in [1.82, 2.24) is 20.2 Å². The molecule has 11 heteroatoms. The van der Waals surface area contributed by atoms with Gasteiger partial charge in [-0.05, 0) is 30.3 Å². The summed E-state index contributed by atoms with van der Waals surface area (Å²) in [4.78, 5) is 21.2. The van der Waals surface area contributed by atoms with E-state index < -0.39 is 29.1 Å². The molecule has 1 amide bonds. The van der Waals surface area contributed by atoms with E-state index in [1.807, 2.05) is 0 Å². The smallest absolute Gasteiger partial charge is 0.255 e. The third-order valence-electron chi connectivity index (χ3n) is 4.97. The summed E-state index contributed by atoms with van der Waals surface area (Å²) in [7, 11) is 0. The molecule has 0 aliphatic rings. The summed E-state index contributed by atoms with van der Waals surface area (Å²) in [5.41, 5.74) is 2.15. The molecule has 0 radical (unpaired) electrons. The van der Waals surface area contributed by atoms with Gasteiger partial charge in [0, 0.05) is 41.2 Å². The van der Waals surface area contributed by atoms with Crippen LogP contribution in [0.25, 0.3) is 22.3 Å². The number of halogens is 4. The van der Waals surface area contributed by atoms with Gasteiger partial charge in [-0.1, -0.05) is 11.6 Å². The summed E-state index contributed by atoms with van der Waals surface area (Å²) in [6, 6.07) is 10.0. The number of fused-ring (bicyclic) bond motifs is 1. The zero-order chi connectivity index (χ0) is 24.5. The number of hydrogen-bond acceptors (Lipinski definition) is 5. The average molecular weight is 496 g/mol. The van der Waals surface area contributed by atoms with Crippen LogP contribution in [0.15, 0.2) is 67.1 Å². The lowest BCUT2D eigenvalue weighted by Crippen LogP contribution is -2.12. The quantitative estimate of drug-likeness (QED) is 0.306. The van der Waals surface area contributed by atoms with Crippen molar-refractivity contribution in [3.8, 4) is 22.8 Å². The summed E-state index contributed by atoms with van der Waals surface area (Å²) in [5, 5.41) is 8.80. The molecule has 0 aliphatic heterocycles. The number of hydrogen-bond donors (Lipinski definition) is 2. The molecule has 2 heterocycles. The Hall–Kier alpha value is -4.44. The van der Waals surface area contributed by atoms with Crippen LogP contribution in [0.1, 0.15) is 10.4 Å². The molecule has 0 bridgehead atoms. The third kappa shape index (κ3) is 4.64. The second kappa shape index (κ2) is 9.07. The van der Waals surface area contributed by atoms with Gasteiger partial charge in [-0.15, -0.1) is 0 Å². The lowest BCUT2D eigenvalue weighted by Gasteiger charge is -2.12. The molecule has 0 saturated heterocycles. The predicted molar refractivity (Wildman–Crippen MR) is 123 cm³/mol. The van der Waals surface area contributed by atoms with E-state index in [0.29, 0.717) is 16.7 Å². The second-order valence-electron chi connectivity index (χ2n) is 7.35. The molecule has 0 saturated carbocycles. The highest BCUT2D eigenvalue weighted by Gasteiger charge is 2.16. The standard InChI is InChI=1S/C24H13ClF3N5O2/c25-16-3-1-12(5-17(16)26)24(34)32-14-6-18(27)23(28)22(7-14)35-15-2-4-19-20(8-15)33-21(11-29-19)13-9-30-31-10-13/h1-11H,(H,30,31)(H,32,34). The second-order valence-corrected chi connectivity index (χ2v) is 7.76. The highest BCUT2D eigenvalue weighted by Crippen LogP contribution is 2.31. The van der Waals surface area contributed by atoms with Crippen molar-refractivity contribution in [3.63, 3.8) is 0 Å². The molecule has 0 unspecified atom stereocenters. The van der Waals surface area contributed by atoms with Crippen molar-refractivity contribution in [2.24, 2.45) is 0 Å². The van der Waals surface area contributed by atoms with E-state index in [1.165, 1.54) is 24.3 Å². The lowest BCUT2D eigenvalue weighted by atomic mass is 10.2. The van der Waals surface area contributed by atoms with Crippen LogP contribution in [0.3, 0.4) is 0 Å². The summed E-state index contributed by atoms with van der Waals surface area (Å²) in [5.74, 6) is -4.34. The monoisotopic (exact) mass is 495 g/mol. The minimum Gasteiger partial charge on any atom is -0.454 e. The Labute approximate surface area is 200 Å². The first-order chi connectivity index (χ1) is 16.9. The first-order valence-electron chi connectivity index (χ1n) is 10.1. The summed E-state index contributed by atoms with van der Waals surface area (Å²) < 4.78 is 48.0. The molecule has 0 atom stereocenters. The lowest BCUT2D eigenvalue weighted by molar-refractivity contribution is 0.102. The SMILES string of the molecule is O=C(Nc1cc(F)c(F)c(Oc2ccc3ncc(-c4cn[nH]c4)nc3c2)c1)c1ccc(Cl)c(F)c1. The number of H-pyrrole nitrogens is 1. The molecule has 0 fully saturated rings. The minimum absolute atomic E-state index is 0.0550. The number of nitrogens with one attached hydrogen (secondary N) is 2. The van der Waals surface area contributed by atoms with Gasteiger partial charge >= 0.3 is 0 Å². The Morgan fingerprint density at radius 2 is 1.83 bits per heavy atom. The number of amides is 1. The van der Waals surface area contributed by atoms with E-state index >= 15 is 0 Å². The van der Waals surface area contributed by atoms with Gasteiger partial charge in [0.15, 0.2) is 11.6 Å². The normalized spacial score (nSPS) is 11.0. The number of ether oxygens (including phenoxy) is 1. The first kappa shape index (κ1) is 22.4. The molecule has 2 aromatic heterocycles. The average Bonchev–Trinajstić information content (AvgIpc) is 3.38. The number of carbonyl (C=O) groups excluding carboxylic acids is 1. The largest absolute Gasteiger partial charge is 0.454 e. The minimum atomic E-state index is -1.25. The maximum absolute atomic E-state index is 14.5. The molecule has 174 valence electrons. The van der Waals surface area contributed by atoms with Gasteiger partial charge in [0.1, 0.15) is 11.6 Å². The van der Waals surface area contributed by atoms with Crippen LogP contribution in [-0.2, 0) is 0 Å². The molecule has 0 spiro atoms. The van der Waals surface area contributed by atoms with Crippen molar-refractivity contribution in [2.45, 2.75) is 0 Å². The van der Waals surface area contributed by atoms with Crippen molar-refractivity contribution in [3.05, 3.63) is 95.2 Å². The predicted octanol–water partition coefficient (Wildman–Crippen LogP) is 6.14. The molecule has 0 aliphatic carbocycles. The molecule has 2 N–H and O–H groups in total. The topological polar surface area (TPSA) is 92.8 Å². The van der Waals surface area contributed by atoms with E-state index in [-0.39, 0.29) is 22.0 Å². The van der Waals surface area contributed by atoms with Crippen LogP contribution >= 0.6 is 11.6 Å². The number of aromatic nitrogens is 4. The van der Waals surface area contributed by atoms with E-state index in [2.05, 4.69) is 25.5 Å². The first-order valence-corrected chi connectivity index (χ1v) is 10.4. The fourth-order valence-electron chi connectivity index (χ4n) is 3.26. The highest BCUT2D eigenvalue weighted by atomic mass is 35.5. The highest BCUT2D eigenvalue weighted by molar-refractivity contribution is 6.30. The molecule has 5 rings (SSSR count). The van der Waals surface area contributed by atoms with E-state index in [4.69, 9.17) is 16.3 Å². The fourth-order valence-corrected chi connectivity index (χ4v) is 3.38. The van der Waals surface area contributed by atoms with Gasteiger partial charge < -0.3 is 10.1 Å². The Balaban J connectivity index is 1.42. The van der Waals surface area contributed by atoms with Crippen molar-refractivity contribution in [1.29, 1.82) is 0 Å². The number of nitrogens with zero attached hydrogens (tertiary/aromatic N) is 3. The fraction of sp³-hybridized carbons (Fsp3) is 0. The summed E-state index contributed by atoms with van der Waals surface area (Å²) in [6.07, 6.45) is 4.83. The Bertz CT molecular complexity index is 1580. The zero-order valence-electron chi connectivity index (χ0n) is 17.5.